The first-order valence-corrected chi connectivity index (χ1v) is 5.96. The fourth-order valence-electron chi connectivity index (χ4n) is 2.17. The highest BCUT2D eigenvalue weighted by molar-refractivity contribution is 5.88. The van der Waals surface area contributed by atoms with Gasteiger partial charge in [0.2, 0.25) is 0 Å². The molecular weight excluding hydrogens is 232 g/mol. The van der Waals surface area contributed by atoms with Crippen molar-refractivity contribution in [2.45, 2.75) is 25.2 Å². The third kappa shape index (κ3) is 1.81. The van der Waals surface area contributed by atoms with E-state index in [9.17, 15) is 4.79 Å². The van der Waals surface area contributed by atoms with Crippen LogP contribution in [-0.2, 0) is 11.2 Å². The average Bonchev–Trinajstić information content (AvgIpc) is 3.08. The predicted octanol–water partition coefficient (Wildman–Crippen LogP) is 2.08. The van der Waals surface area contributed by atoms with Gasteiger partial charge in [-0.25, -0.2) is 4.98 Å². The lowest BCUT2D eigenvalue weighted by Gasteiger charge is -2.03. The van der Waals surface area contributed by atoms with Gasteiger partial charge in [-0.15, -0.1) is 0 Å². The van der Waals surface area contributed by atoms with Gasteiger partial charge >= 0.3 is 5.97 Å². The maximum absolute atomic E-state index is 10.9. The highest BCUT2D eigenvalue weighted by Crippen LogP contribution is 2.40. The Labute approximate surface area is 104 Å². The Balaban J connectivity index is 2.15. The molecule has 1 aliphatic rings. The van der Waals surface area contributed by atoms with Crippen LogP contribution in [0.5, 0.6) is 5.75 Å². The smallest absolute Gasteiger partial charge is 0.307 e. The Bertz CT molecular complexity index is 614. The molecule has 1 aliphatic carbocycles. The van der Waals surface area contributed by atoms with E-state index in [-0.39, 0.29) is 6.42 Å². The molecule has 5 nitrogen and oxygen atoms in total. The second-order valence-corrected chi connectivity index (χ2v) is 4.62. The number of H-pyrrole nitrogens is 1. The minimum atomic E-state index is -0.850. The number of nitrogens with zero attached hydrogens (tertiary/aromatic N) is 1. The molecule has 1 saturated carbocycles. The van der Waals surface area contributed by atoms with Crippen LogP contribution in [0.4, 0.5) is 0 Å². The highest BCUT2D eigenvalue weighted by atomic mass is 16.5. The Hall–Kier alpha value is -2.04. The zero-order valence-corrected chi connectivity index (χ0v) is 10.1. The van der Waals surface area contributed by atoms with Crippen molar-refractivity contribution in [2.24, 2.45) is 0 Å². The van der Waals surface area contributed by atoms with Gasteiger partial charge in [0.15, 0.2) is 0 Å². The number of hydrogen-bond acceptors (Lipinski definition) is 3. The molecule has 94 valence electrons. The number of rotatable bonds is 4. The number of aromatic nitrogens is 2. The minimum Gasteiger partial charge on any atom is -0.494 e. The molecule has 0 amide bonds. The third-order valence-corrected chi connectivity index (χ3v) is 3.23. The summed E-state index contributed by atoms with van der Waals surface area (Å²) in [6.07, 6.45) is 2.28. The number of aromatic amines is 1. The largest absolute Gasteiger partial charge is 0.494 e. The molecule has 1 heterocycles. The number of ether oxygens (including phenoxy) is 1. The summed E-state index contributed by atoms with van der Waals surface area (Å²) in [5.41, 5.74) is 2.25. The van der Waals surface area contributed by atoms with Crippen molar-refractivity contribution in [3.05, 3.63) is 23.5 Å². The predicted molar refractivity (Wildman–Crippen MR) is 66.0 cm³/mol. The van der Waals surface area contributed by atoms with E-state index in [2.05, 4.69) is 9.97 Å². The monoisotopic (exact) mass is 246 g/mol. The average molecular weight is 246 g/mol. The molecule has 2 aromatic rings. The van der Waals surface area contributed by atoms with E-state index in [4.69, 9.17) is 9.84 Å². The van der Waals surface area contributed by atoms with Crippen LogP contribution in [-0.4, -0.2) is 28.2 Å². The Morgan fingerprint density at radius 3 is 2.94 bits per heavy atom. The number of methoxy groups -OCH3 is 1. The van der Waals surface area contributed by atoms with Gasteiger partial charge in [0.25, 0.3) is 0 Å². The quantitative estimate of drug-likeness (QED) is 0.866. The van der Waals surface area contributed by atoms with Crippen LogP contribution in [0.25, 0.3) is 11.0 Å². The minimum absolute atomic E-state index is 0.0184. The van der Waals surface area contributed by atoms with Crippen molar-refractivity contribution < 1.29 is 14.6 Å². The molecule has 0 atom stereocenters. The normalized spacial score (nSPS) is 14.9. The van der Waals surface area contributed by atoms with Gasteiger partial charge < -0.3 is 14.8 Å². The van der Waals surface area contributed by atoms with E-state index < -0.39 is 5.97 Å². The van der Waals surface area contributed by atoms with Crippen LogP contribution in [0.1, 0.15) is 30.1 Å². The highest BCUT2D eigenvalue weighted by Gasteiger charge is 2.28. The number of aliphatic carboxylic acids is 1. The first-order chi connectivity index (χ1) is 8.69. The number of hydrogen-bond donors (Lipinski definition) is 2. The lowest BCUT2D eigenvalue weighted by molar-refractivity contribution is -0.136. The Kier molecular flexibility index (Phi) is 2.47. The van der Waals surface area contributed by atoms with Crippen molar-refractivity contribution in [3.8, 4) is 5.75 Å². The number of carboxylic acids is 1. The summed E-state index contributed by atoms with van der Waals surface area (Å²) in [5, 5.41) is 8.91. The van der Waals surface area contributed by atoms with Crippen LogP contribution in [0.2, 0.25) is 0 Å². The Morgan fingerprint density at radius 2 is 2.33 bits per heavy atom. The van der Waals surface area contributed by atoms with Gasteiger partial charge in [0.05, 0.1) is 19.0 Å². The van der Waals surface area contributed by atoms with Crippen LogP contribution in [0, 0.1) is 0 Å². The summed E-state index contributed by atoms with van der Waals surface area (Å²) in [7, 11) is 1.60. The second-order valence-electron chi connectivity index (χ2n) is 4.62. The maximum atomic E-state index is 10.9. The summed E-state index contributed by atoms with van der Waals surface area (Å²) in [5.74, 6) is 1.30. The lowest BCUT2D eigenvalue weighted by atomic mass is 10.1. The van der Waals surface area contributed by atoms with E-state index in [0.717, 1.165) is 35.3 Å². The van der Waals surface area contributed by atoms with Crippen LogP contribution in [0.3, 0.4) is 0 Å². The van der Waals surface area contributed by atoms with Crippen molar-refractivity contribution in [2.75, 3.05) is 7.11 Å². The van der Waals surface area contributed by atoms with Gasteiger partial charge in [-0.3, -0.25) is 4.79 Å². The molecule has 2 N–H and O–H groups in total. The van der Waals surface area contributed by atoms with Crippen LogP contribution >= 0.6 is 0 Å². The van der Waals surface area contributed by atoms with Crippen molar-refractivity contribution in [1.82, 2.24) is 9.97 Å². The molecule has 5 heteroatoms. The van der Waals surface area contributed by atoms with Gasteiger partial charge in [0, 0.05) is 5.92 Å². The Morgan fingerprint density at radius 1 is 1.56 bits per heavy atom. The molecule has 1 aromatic carbocycles. The molecule has 0 unspecified atom stereocenters. The number of nitrogens with one attached hydrogen (secondary N) is 1. The van der Waals surface area contributed by atoms with Gasteiger partial charge in [-0.2, -0.15) is 0 Å². The van der Waals surface area contributed by atoms with Gasteiger partial charge in [-0.05, 0) is 24.5 Å². The molecule has 3 rings (SSSR count). The summed E-state index contributed by atoms with van der Waals surface area (Å²) >= 11 is 0. The van der Waals surface area contributed by atoms with E-state index in [1.807, 2.05) is 0 Å². The van der Waals surface area contributed by atoms with E-state index in [0.29, 0.717) is 11.7 Å². The van der Waals surface area contributed by atoms with E-state index in [1.54, 1.807) is 19.2 Å². The maximum Gasteiger partial charge on any atom is 0.307 e. The molecule has 0 bridgehead atoms. The summed E-state index contributed by atoms with van der Waals surface area (Å²) in [6.45, 7) is 0. The number of carboxylic acid groups (broad SMARTS) is 1. The zero-order valence-electron chi connectivity index (χ0n) is 10.1. The zero-order chi connectivity index (χ0) is 12.7. The van der Waals surface area contributed by atoms with Gasteiger partial charge in [-0.1, -0.05) is 6.07 Å². The molecule has 1 fully saturated rings. The summed E-state index contributed by atoms with van der Waals surface area (Å²) in [4.78, 5) is 18.6. The molecule has 18 heavy (non-hydrogen) atoms. The fourth-order valence-corrected chi connectivity index (χ4v) is 2.17. The first kappa shape index (κ1) is 11.1. The van der Waals surface area contributed by atoms with E-state index >= 15 is 0 Å². The SMILES string of the molecule is COc1ccc(CC(=O)O)c2nc(C3CC3)[nH]c12. The van der Waals surface area contributed by atoms with Crippen molar-refractivity contribution in [1.29, 1.82) is 0 Å². The standard InChI is InChI=1S/C13H14N2O3/c1-18-9-5-4-8(6-10(16)17)11-12(9)15-13(14-11)7-2-3-7/h4-5,7H,2-3,6H2,1H3,(H,14,15)(H,16,17). The number of imidazole rings is 1. The molecule has 0 saturated heterocycles. The summed E-state index contributed by atoms with van der Waals surface area (Å²) in [6, 6.07) is 3.56. The molecule has 0 aliphatic heterocycles. The molecule has 0 radical (unpaired) electrons. The molecule has 0 spiro atoms. The topological polar surface area (TPSA) is 75.2 Å². The lowest BCUT2D eigenvalue weighted by Crippen LogP contribution is -2.01. The number of benzene rings is 1. The van der Waals surface area contributed by atoms with Crippen molar-refractivity contribution >= 4 is 17.0 Å². The van der Waals surface area contributed by atoms with E-state index in [1.165, 1.54) is 0 Å². The summed E-state index contributed by atoms with van der Waals surface area (Å²) < 4.78 is 5.28. The van der Waals surface area contributed by atoms with Crippen LogP contribution < -0.4 is 4.74 Å². The van der Waals surface area contributed by atoms with Crippen molar-refractivity contribution in [3.63, 3.8) is 0 Å². The second kappa shape index (κ2) is 4.01. The number of fused-ring (bicyclic) bond motifs is 1. The fraction of sp³-hybridized carbons (Fsp3) is 0.385. The third-order valence-electron chi connectivity index (χ3n) is 3.23. The first-order valence-electron chi connectivity index (χ1n) is 5.96. The molecule has 1 aromatic heterocycles. The van der Waals surface area contributed by atoms with Crippen LogP contribution in [0.15, 0.2) is 12.1 Å². The van der Waals surface area contributed by atoms with Gasteiger partial charge in [0.1, 0.15) is 17.1 Å². The molecular formula is C13H14N2O3. The number of carbonyl (C=O) groups is 1.